The van der Waals surface area contributed by atoms with Gasteiger partial charge >= 0.3 is 0 Å². The van der Waals surface area contributed by atoms with Gasteiger partial charge in [0.2, 0.25) is 5.88 Å². The first-order valence-corrected chi connectivity index (χ1v) is 6.54. The normalized spacial score (nSPS) is 12.2. The van der Waals surface area contributed by atoms with Crippen molar-refractivity contribution < 1.29 is 4.74 Å². The smallest absolute Gasteiger partial charge is 0.234 e. The predicted octanol–water partition coefficient (Wildman–Crippen LogP) is 2.94. The Labute approximate surface area is 108 Å². The van der Waals surface area contributed by atoms with Gasteiger partial charge in [-0.05, 0) is 25.7 Å². The Balaban J connectivity index is 2.28. The van der Waals surface area contributed by atoms with Crippen LogP contribution in [-0.4, -0.2) is 29.0 Å². The van der Waals surface area contributed by atoms with E-state index in [1.54, 1.807) is 12.4 Å². The van der Waals surface area contributed by atoms with E-state index in [1.165, 1.54) is 0 Å². The molecule has 0 saturated carbocycles. The molecular formula is C12H20ClN3O. The van der Waals surface area contributed by atoms with Crippen LogP contribution < -0.4 is 10.1 Å². The van der Waals surface area contributed by atoms with Gasteiger partial charge in [-0.2, -0.15) is 4.98 Å². The molecule has 0 aliphatic carbocycles. The number of aromatic nitrogens is 2. The van der Waals surface area contributed by atoms with Crippen LogP contribution in [0.5, 0.6) is 5.88 Å². The van der Waals surface area contributed by atoms with E-state index < -0.39 is 0 Å². The minimum absolute atomic E-state index is 0.562. The first kappa shape index (κ1) is 14.0. The summed E-state index contributed by atoms with van der Waals surface area (Å²) in [5.74, 6) is 2.61. The zero-order valence-electron chi connectivity index (χ0n) is 10.4. The minimum atomic E-state index is 0.562. The van der Waals surface area contributed by atoms with Gasteiger partial charge in [0.25, 0.3) is 0 Å². The number of hydrogen-bond acceptors (Lipinski definition) is 4. The van der Waals surface area contributed by atoms with Crippen LogP contribution in [0.25, 0.3) is 0 Å². The Morgan fingerprint density at radius 2 is 2.29 bits per heavy atom. The molecule has 5 heteroatoms. The lowest BCUT2D eigenvalue weighted by atomic mass is 10.1. The average molecular weight is 258 g/mol. The van der Waals surface area contributed by atoms with Gasteiger partial charge in [-0.15, -0.1) is 11.6 Å². The lowest BCUT2D eigenvalue weighted by Crippen LogP contribution is -2.07. The number of anilines is 1. The van der Waals surface area contributed by atoms with E-state index in [-0.39, 0.29) is 0 Å². The van der Waals surface area contributed by atoms with Crippen molar-refractivity contribution in [1.82, 2.24) is 9.97 Å². The van der Waals surface area contributed by atoms with Gasteiger partial charge in [-0.1, -0.05) is 6.92 Å². The molecule has 0 fully saturated rings. The SMILES string of the molecule is CCOc1cncc(NCCCC(C)CCl)n1. The summed E-state index contributed by atoms with van der Waals surface area (Å²) in [5.41, 5.74) is 0. The molecule has 0 amide bonds. The summed E-state index contributed by atoms with van der Waals surface area (Å²) < 4.78 is 5.28. The highest BCUT2D eigenvalue weighted by atomic mass is 35.5. The summed E-state index contributed by atoms with van der Waals surface area (Å²) in [4.78, 5) is 8.34. The van der Waals surface area contributed by atoms with E-state index in [9.17, 15) is 0 Å². The van der Waals surface area contributed by atoms with Crippen LogP contribution in [0.4, 0.5) is 5.82 Å². The maximum Gasteiger partial charge on any atom is 0.234 e. The number of nitrogens with one attached hydrogen (secondary N) is 1. The van der Waals surface area contributed by atoms with Gasteiger partial charge in [0, 0.05) is 12.4 Å². The van der Waals surface area contributed by atoms with Gasteiger partial charge in [0.05, 0.1) is 19.0 Å². The third-order valence-electron chi connectivity index (χ3n) is 2.35. The van der Waals surface area contributed by atoms with Crippen molar-refractivity contribution in [2.24, 2.45) is 5.92 Å². The molecule has 0 bridgehead atoms. The fraction of sp³-hybridized carbons (Fsp3) is 0.667. The van der Waals surface area contributed by atoms with E-state index in [4.69, 9.17) is 16.3 Å². The van der Waals surface area contributed by atoms with Crippen molar-refractivity contribution in [2.45, 2.75) is 26.7 Å². The second-order valence-corrected chi connectivity index (χ2v) is 4.31. The summed E-state index contributed by atoms with van der Waals surface area (Å²) in [6.45, 7) is 5.56. The summed E-state index contributed by atoms with van der Waals surface area (Å²) in [6, 6.07) is 0. The standard InChI is InChI=1S/C12H20ClN3O/c1-3-17-12-9-14-8-11(16-12)15-6-4-5-10(2)7-13/h8-10H,3-7H2,1-2H3,(H,15,16). The van der Waals surface area contributed by atoms with Crippen LogP contribution in [0, 0.1) is 5.92 Å². The van der Waals surface area contributed by atoms with Gasteiger partial charge in [0.15, 0.2) is 0 Å². The number of ether oxygens (including phenoxy) is 1. The highest BCUT2D eigenvalue weighted by Crippen LogP contribution is 2.10. The fourth-order valence-corrected chi connectivity index (χ4v) is 1.55. The van der Waals surface area contributed by atoms with E-state index in [0.717, 1.165) is 31.1 Å². The third kappa shape index (κ3) is 5.73. The fourth-order valence-electron chi connectivity index (χ4n) is 1.39. The van der Waals surface area contributed by atoms with Crippen LogP contribution in [0.1, 0.15) is 26.7 Å². The molecule has 0 saturated heterocycles. The predicted molar refractivity (Wildman–Crippen MR) is 70.8 cm³/mol. The van der Waals surface area contributed by atoms with E-state index in [1.807, 2.05) is 6.92 Å². The highest BCUT2D eigenvalue weighted by Gasteiger charge is 2.01. The number of hydrogen-bond donors (Lipinski definition) is 1. The lowest BCUT2D eigenvalue weighted by Gasteiger charge is -2.09. The molecule has 0 aliphatic heterocycles. The van der Waals surface area contributed by atoms with Gasteiger partial charge in [0.1, 0.15) is 5.82 Å². The lowest BCUT2D eigenvalue weighted by molar-refractivity contribution is 0.325. The summed E-state index contributed by atoms with van der Waals surface area (Å²) in [5, 5.41) is 3.23. The second kappa shape index (κ2) is 8.12. The molecule has 1 rings (SSSR count). The second-order valence-electron chi connectivity index (χ2n) is 4.00. The van der Waals surface area contributed by atoms with E-state index in [0.29, 0.717) is 18.4 Å². The molecule has 96 valence electrons. The Morgan fingerprint density at radius 3 is 3.00 bits per heavy atom. The Hall–Kier alpha value is -1.03. The van der Waals surface area contributed by atoms with Crippen LogP contribution in [-0.2, 0) is 0 Å². The molecule has 1 aromatic heterocycles. The van der Waals surface area contributed by atoms with Gasteiger partial charge in [-0.25, -0.2) is 0 Å². The van der Waals surface area contributed by atoms with Crippen molar-refractivity contribution in [2.75, 3.05) is 24.3 Å². The van der Waals surface area contributed by atoms with Crippen molar-refractivity contribution in [3.8, 4) is 5.88 Å². The molecule has 0 radical (unpaired) electrons. The first-order chi connectivity index (χ1) is 8.26. The Morgan fingerprint density at radius 1 is 1.47 bits per heavy atom. The quantitative estimate of drug-likeness (QED) is 0.575. The van der Waals surface area contributed by atoms with Crippen LogP contribution in [0.2, 0.25) is 0 Å². The zero-order valence-corrected chi connectivity index (χ0v) is 11.2. The van der Waals surface area contributed by atoms with Crippen LogP contribution in [0.3, 0.4) is 0 Å². The molecular weight excluding hydrogens is 238 g/mol. The Bertz CT molecular complexity index is 322. The molecule has 4 nitrogen and oxygen atoms in total. The van der Waals surface area contributed by atoms with Crippen LogP contribution >= 0.6 is 11.6 Å². The summed E-state index contributed by atoms with van der Waals surface area (Å²) in [7, 11) is 0. The summed E-state index contributed by atoms with van der Waals surface area (Å²) >= 11 is 5.74. The molecule has 1 N–H and O–H groups in total. The molecule has 0 aromatic carbocycles. The maximum absolute atomic E-state index is 5.74. The number of halogens is 1. The molecule has 1 atom stereocenters. The number of alkyl halides is 1. The van der Waals surface area contributed by atoms with Crippen molar-refractivity contribution in [3.63, 3.8) is 0 Å². The monoisotopic (exact) mass is 257 g/mol. The molecule has 0 spiro atoms. The van der Waals surface area contributed by atoms with Crippen LogP contribution in [0.15, 0.2) is 12.4 Å². The molecule has 1 aromatic rings. The zero-order chi connectivity index (χ0) is 12.5. The van der Waals surface area contributed by atoms with E-state index >= 15 is 0 Å². The topological polar surface area (TPSA) is 47.0 Å². The third-order valence-corrected chi connectivity index (χ3v) is 2.87. The van der Waals surface area contributed by atoms with Crippen molar-refractivity contribution >= 4 is 17.4 Å². The number of nitrogens with zero attached hydrogens (tertiary/aromatic N) is 2. The summed E-state index contributed by atoms with van der Waals surface area (Å²) in [6.07, 6.45) is 5.52. The van der Waals surface area contributed by atoms with Gasteiger partial charge < -0.3 is 10.1 Å². The molecule has 1 unspecified atom stereocenters. The molecule has 0 aliphatic rings. The van der Waals surface area contributed by atoms with Crippen molar-refractivity contribution in [3.05, 3.63) is 12.4 Å². The van der Waals surface area contributed by atoms with Gasteiger partial charge in [-0.3, -0.25) is 4.98 Å². The highest BCUT2D eigenvalue weighted by molar-refractivity contribution is 6.18. The maximum atomic E-state index is 5.74. The van der Waals surface area contributed by atoms with E-state index in [2.05, 4.69) is 22.2 Å². The number of rotatable bonds is 8. The Kier molecular flexibility index (Phi) is 6.70. The molecule has 17 heavy (non-hydrogen) atoms. The average Bonchev–Trinajstić information content (AvgIpc) is 2.35. The first-order valence-electron chi connectivity index (χ1n) is 6.01. The molecule has 1 heterocycles. The minimum Gasteiger partial charge on any atom is -0.477 e. The largest absolute Gasteiger partial charge is 0.477 e. The van der Waals surface area contributed by atoms with Crippen molar-refractivity contribution in [1.29, 1.82) is 0 Å².